The van der Waals surface area contributed by atoms with E-state index >= 15 is 0 Å². The second-order valence-electron chi connectivity index (χ2n) is 4.28. The summed E-state index contributed by atoms with van der Waals surface area (Å²) in [6.07, 6.45) is -1.90. The molecule has 2 nitrogen and oxygen atoms in total. The Hall–Kier alpha value is -0.750. The van der Waals surface area contributed by atoms with Crippen molar-refractivity contribution in [3.05, 3.63) is 29.6 Å². The van der Waals surface area contributed by atoms with E-state index in [4.69, 9.17) is 0 Å². The summed E-state index contributed by atoms with van der Waals surface area (Å²) in [5, 5.41) is 10.5. The highest BCUT2D eigenvalue weighted by Gasteiger charge is 2.44. The number of pyridine rings is 1. The van der Waals surface area contributed by atoms with E-state index in [1.54, 1.807) is 0 Å². The number of halogens is 3. The zero-order chi connectivity index (χ0) is 12.7. The first-order valence-corrected chi connectivity index (χ1v) is 6.23. The minimum atomic E-state index is -4.45. The Morgan fingerprint density at radius 2 is 2.24 bits per heavy atom. The maximum Gasteiger partial charge on any atom is 0.416 e. The first kappa shape index (κ1) is 12.7. The lowest BCUT2D eigenvalue weighted by molar-refractivity contribution is -0.140. The molecule has 1 aromatic rings. The highest BCUT2D eigenvalue weighted by atomic mass is 32.2. The fraction of sp³-hybridized carbons (Fsp3) is 0.545. The molecule has 0 radical (unpaired) electrons. The molecule has 17 heavy (non-hydrogen) atoms. The number of hydrogen-bond acceptors (Lipinski definition) is 3. The number of alkyl halides is 3. The summed E-state index contributed by atoms with van der Waals surface area (Å²) in [6, 6.07) is 0.918. The molecule has 2 rings (SSSR count). The van der Waals surface area contributed by atoms with E-state index in [0.717, 1.165) is 18.5 Å². The van der Waals surface area contributed by atoms with Crippen molar-refractivity contribution in [2.24, 2.45) is 0 Å². The predicted octanol–water partition coefficient (Wildman–Crippen LogP) is 2.81. The Morgan fingerprint density at radius 1 is 1.53 bits per heavy atom. The van der Waals surface area contributed by atoms with Crippen molar-refractivity contribution < 1.29 is 18.3 Å². The number of nitrogens with zero attached hydrogens (tertiary/aromatic N) is 1. The summed E-state index contributed by atoms with van der Waals surface area (Å²) in [4.78, 5) is 3.70. The van der Waals surface area contributed by atoms with Gasteiger partial charge in [-0.3, -0.25) is 4.98 Å². The molecule has 0 amide bonds. The van der Waals surface area contributed by atoms with E-state index in [1.807, 2.05) is 6.92 Å². The fourth-order valence-electron chi connectivity index (χ4n) is 2.07. The highest BCUT2D eigenvalue weighted by Crippen LogP contribution is 2.45. The molecule has 2 unspecified atom stereocenters. The van der Waals surface area contributed by atoms with Gasteiger partial charge in [0.15, 0.2) is 0 Å². The molecule has 6 heteroatoms. The molecule has 1 aromatic heterocycles. The molecule has 0 saturated carbocycles. The van der Waals surface area contributed by atoms with Crippen molar-refractivity contribution in [3.63, 3.8) is 0 Å². The summed E-state index contributed by atoms with van der Waals surface area (Å²) >= 11 is 1.47. The maximum absolute atomic E-state index is 12.8. The smallest absolute Gasteiger partial charge is 0.384 e. The molecule has 1 aliphatic heterocycles. The minimum Gasteiger partial charge on any atom is -0.384 e. The van der Waals surface area contributed by atoms with Crippen LogP contribution in [0.5, 0.6) is 0 Å². The summed E-state index contributed by atoms with van der Waals surface area (Å²) in [7, 11) is 0. The van der Waals surface area contributed by atoms with Crippen LogP contribution in [0.4, 0.5) is 13.2 Å². The first-order chi connectivity index (χ1) is 7.83. The highest BCUT2D eigenvalue weighted by molar-refractivity contribution is 8.00. The molecule has 2 heterocycles. The molecule has 0 spiro atoms. The normalized spacial score (nSPS) is 29.6. The number of hydrogen-bond donors (Lipinski definition) is 1. The van der Waals surface area contributed by atoms with E-state index in [1.165, 1.54) is 11.8 Å². The van der Waals surface area contributed by atoms with Gasteiger partial charge in [-0.25, -0.2) is 0 Å². The van der Waals surface area contributed by atoms with Crippen LogP contribution >= 0.6 is 11.8 Å². The summed E-state index contributed by atoms with van der Waals surface area (Å²) in [5.74, 6) is 0.281. The summed E-state index contributed by atoms with van der Waals surface area (Å²) in [6.45, 7) is 1.90. The number of aromatic nitrogens is 1. The first-order valence-electron chi connectivity index (χ1n) is 5.18. The molecule has 0 bridgehead atoms. The van der Waals surface area contributed by atoms with Gasteiger partial charge in [0.25, 0.3) is 0 Å². The summed E-state index contributed by atoms with van der Waals surface area (Å²) in [5.41, 5.74) is -2.31. The van der Waals surface area contributed by atoms with Gasteiger partial charge in [0, 0.05) is 29.0 Å². The largest absolute Gasteiger partial charge is 0.416 e. The van der Waals surface area contributed by atoms with Gasteiger partial charge >= 0.3 is 6.18 Å². The van der Waals surface area contributed by atoms with E-state index in [2.05, 4.69) is 4.98 Å². The van der Waals surface area contributed by atoms with E-state index < -0.39 is 17.3 Å². The molecule has 94 valence electrons. The fourth-order valence-corrected chi connectivity index (χ4v) is 3.30. The molecule has 1 N–H and O–H groups in total. The SMILES string of the molecule is CC1CC(O)(c2cnccc2C(F)(F)F)CS1. The van der Waals surface area contributed by atoms with Gasteiger partial charge in [-0.1, -0.05) is 6.92 Å². The molecular weight excluding hydrogens is 251 g/mol. The lowest BCUT2D eigenvalue weighted by Crippen LogP contribution is -2.29. The van der Waals surface area contributed by atoms with Gasteiger partial charge in [-0.2, -0.15) is 24.9 Å². The monoisotopic (exact) mass is 263 g/mol. The molecule has 0 aromatic carbocycles. The molecule has 1 aliphatic rings. The number of aliphatic hydroxyl groups is 1. The Bertz CT molecular complexity index is 423. The van der Waals surface area contributed by atoms with Crippen molar-refractivity contribution in [1.82, 2.24) is 4.98 Å². The van der Waals surface area contributed by atoms with Gasteiger partial charge < -0.3 is 5.11 Å². The Labute approximate surface area is 101 Å². The van der Waals surface area contributed by atoms with Crippen LogP contribution in [0, 0.1) is 0 Å². The lowest BCUT2D eigenvalue weighted by atomic mass is 9.89. The average molecular weight is 263 g/mol. The molecule has 1 saturated heterocycles. The third-order valence-corrected chi connectivity index (χ3v) is 4.24. The third kappa shape index (κ3) is 2.42. The van der Waals surface area contributed by atoms with Crippen molar-refractivity contribution in [3.8, 4) is 0 Å². The van der Waals surface area contributed by atoms with Crippen molar-refractivity contribution in [2.45, 2.75) is 30.4 Å². The van der Waals surface area contributed by atoms with E-state index in [0.29, 0.717) is 6.42 Å². The van der Waals surface area contributed by atoms with Crippen LogP contribution in [0.3, 0.4) is 0 Å². The second kappa shape index (κ2) is 4.17. The second-order valence-corrected chi connectivity index (χ2v) is 5.70. The third-order valence-electron chi connectivity index (χ3n) is 2.86. The van der Waals surface area contributed by atoms with Crippen LogP contribution in [0.15, 0.2) is 18.5 Å². The zero-order valence-electron chi connectivity index (χ0n) is 9.16. The van der Waals surface area contributed by atoms with Crippen molar-refractivity contribution in [1.29, 1.82) is 0 Å². The van der Waals surface area contributed by atoms with Gasteiger partial charge in [-0.15, -0.1) is 0 Å². The Balaban J connectivity index is 2.46. The van der Waals surface area contributed by atoms with Crippen LogP contribution in [0.1, 0.15) is 24.5 Å². The predicted molar refractivity (Wildman–Crippen MR) is 59.7 cm³/mol. The van der Waals surface area contributed by atoms with Gasteiger partial charge in [0.05, 0.1) is 5.56 Å². The molecule has 2 atom stereocenters. The van der Waals surface area contributed by atoms with Crippen molar-refractivity contribution in [2.75, 3.05) is 5.75 Å². The Morgan fingerprint density at radius 3 is 2.76 bits per heavy atom. The van der Waals surface area contributed by atoms with Crippen LogP contribution in [0.25, 0.3) is 0 Å². The molecular formula is C11H12F3NOS. The average Bonchev–Trinajstić information content (AvgIpc) is 2.59. The topological polar surface area (TPSA) is 33.1 Å². The minimum absolute atomic E-state index is 0.107. The van der Waals surface area contributed by atoms with E-state index in [-0.39, 0.29) is 16.6 Å². The van der Waals surface area contributed by atoms with Crippen LogP contribution in [-0.4, -0.2) is 21.1 Å². The van der Waals surface area contributed by atoms with Gasteiger partial charge in [0.2, 0.25) is 0 Å². The lowest BCUT2D eigenvalue weighted by Gasteiger charge is -2.25. The van der Waals surface area contributed by atoms with Crippen LogP contribution in [0.2, 0.25) is 0 Å². The quantitative estimate of drug-likeness (QED) is 0.845. The zero-order valence-corrected chi connectivity index (χ0v) is 9.98. The van der Waals surface area contributed by atoms with Gasteiger partial charge in [-0.05, 0) is 12.5 Å². The van der Waals surface area contributed by atoms with Gasteiger partial charge in [0.1, 0.15) is 5.60 Å². The number of thioether (sulfide) groups is 1. The maximum atomic E-state index is 12.8. The van der Waals surface area contributed by atoms with Crippen molar-refractivity contribution >= 4 is 11.8 Å². The molecule has 0 aliphatic carbocycles. The van der Waals surface area contributed by atoms with E-state index in [9.17, 15) is 18.3 Å². The Kier molecular flexibility index (Phi) is 3.12. The standard InChI is InChI=1S/C11H12F3NOS/c1-7-4-10(16,6-17-7)9-5-15-3-2-8(9)11(12,13)14/h2-3,5,7,16H,4,6H2,1H3. The van der Waals surface area contributed by atoms with Crippen LogP contribution < -0.4 is 0 Å². The summed E-state index contributed by atoms with van der Waals surface area (Å²) < 4.78 is 38.5. The number of rotatable bonds is 1. The van der Waals surface area contributed by atoms with Crippen LogP contribution in [-0.2, 0) is 11.8 Å². The molecule has 1 fully saturated rings.